The molecule has 0 aliphatic carbocycles. The second kappa shape index (κ2) is 7.34. The highest BCUT2D eigenvalue weighted by atomic mass is 35.5. The van der Waals surface area contributed by atoms with E-state index in [0.29, 0.717) is 27.7 Å². The molecule has 122 valence electrons. The van der Waals surface area contributed by atoms with Gasteiger partial charge in [-0.05, 0) is 37.6 Å². The van der Waals surface area contributed by atoms with E-state index in [-0.39, 0.29) is 4.90 Å². The van der Waals surface area contributed by atoms with Gasteiger partial charge in [0.15, 0.2) is 0 Å². The summed E-state index contributed by atoms with van der Waals surface area (Å²) in [6.07, 6.45) is 0.512. The van der Waals surface area contributed by atoms with Gasteiger partial charge in [0.2, 0.25) is 0 Å². The topological polar surface area (TPSA) is 58.5 Å². The number of nitrogens with zero attached hydrogens (tertiary/aromatic N) is 1. The number of halogens is 2. The van der Waals surface area contributed by atoms with Crippen LogP contribution in [0.3, 0.4) is 0 Å². The first-order valence-corrected chi connectivity index (χ1v) is 9.18. The first-order chi connectivity index (χ1) is 10.8. The maximum atomic E-state index is 12.3. The predicted molar refractivity (Wildman–Crippen MR) is 94.8 cm³/mol. The average Bonchev–Trinajstić information content (AvgIpc) is 2.50. The number of sulfonamides is 1. The highest BCUT2D eigenvalue weighted by Gasteiger charge is 2.14. The third-order valence-electron chi connectivity index (χ3n) is 3.21. The van der Waals surface area contributed by atoms with E-state index in [4.69, 9.17) is 23.2 Å². The minimum Gasteiger partial charge on any atom is -0.200 e. The number of nitrogens with one attached hydrogen (secondary N) is 1. The molecule has 0 heterocycles. The van der Waals surface area contributed by atoms with E-state index >= 15 is 0 Å². The minimum atomic E-state index is -3.72. The van der Waals surface area contributed by atoms with Crippen molar-refractivity contribution in [2.24, 2.45) is 5.10 Å². The average molecular weight is 371 g/mol. The molecule has 0 aliphatic rings. The molecule has 4 nitrogen and oxygen atoms in total. The summed E-state index contributed by atoms with van der Waals surface area (Å²) in [6.45, 7) is 3.75. The first kappa shape index (κ1) is 17.8. The maximum Gasteiger partial charge on any atom is 0.276 e. The fraction of sp³-hybridized carbons (Fsp3) is 0.188. The van der Waals surface area contributed by atoms with Gasteiger partial charge in [-0.3, -0.25) is 0 Å². The molecular formula is C16H16Cl2N2O2S. The van der Waals surface area contributed by atoms with Gasteiger partial charge in [-0.25, -0.2) is 0 Å². The second-order valence-corrected chi connectivity index (χ2v) is 7.45. The summed E-state index contributed by atoms with van der Waals surface area (Å²) in [6, 6.07) is 11.5. The Labute approximate surface area is 146 Å². The third kappa shape index (κ3) is 4.47. The Hall–Kier alpha value is -1.56. The Kier molecular flexibility index (Phi) is 5.68. The zero-order valence-corrected chi connectivity index (χ0v) is 15.0. The molecule has 0 saturated carbocycles. The van der Waals surface area contributed by atoms with E-state index in [9.17, 15) is 8.42 Å². The monoisotopic (exact) mass is 370 g/mol. The van der Waals surface area contributed by atoms with Crippen LogP contribution in [-0.4, -0.2) is 14.1 Å². The zero-order chi connectivity index (χ0) is 17.0. The van der Waals surface area contributed by atoms with Gasteiger partial charge >= 0.3 is 0 Å². The lowest BCUT2D eigenvalue weighted by molar-refractivity contribution is 0.584. The highest BCUT2D eigenvalue weighted by molar-refractivity contribution is 7.89. The fourth-order valence-corrected chi connectivity index (χ4v) is 3.29. The number of hydrogen-bond donors (Lipinski definition) is 1. The van der Waals surface area contributed by atoms with Gasteiger partial charge in [0.1, 0.15) is 0 Å². The number of hydrazone groups is 1. The Bertz CT molecular complexity index is 832. The summed E-state index contributed by atoms with van der Waals surface area (Å²) in [5, 5.41) is 4.96. The van der Waals surface area contributed by atoms with Crippen LogP contribution in [0.2, 0.25) is 10.0 Å². The molecule has 0 saturated heterocycles. The Morgan fingerprint density at radius 2 is 1.78 bits per heavy atom. The lowest BCUT2D eigenvalue weighted by Crippen LogP contribution is -2.20. The van der Waals surface area contributed by atoms with Gasteiger partial charge < -0.3 is 0 Å². The number of rotatable bonds is 5. The molecule has 0 atom stereocenters. The molecule has 0 aromatic heterocycles. The Balaban J connectivity index is 2.30. The van der Waals surface area contributed by atoms with Crippen molar-refractivity contribution in [1.29, 1.82) is 0 Å². The van der Waals surface area contributed by atoms with E-state index in [0.717, 1.165) is 5.56 Å². The summed E-state index contributed by atoms with van der Waals surface area (Å²) in [7, 11) is -3.72. The van der Waals surface area contributed by atoms with Crippen LogP contribution < -0.4 is 4.83 Å². The lowest BCUT2D eigenvalue weighted by Gasteiger charge is -2.09. The molecule has 2 aromatic rings. The van der Waals surface area contributed by atoms with E-state index in [1.54, 1.807) is 30.3 Å². The van der Waals surface area contributed by atoms with Crippen molar-refractivity contribution < 1.29 is 8.42 Å². The van der Waals surface area contributed by atoms with Gasteiger partial charge in [-0.2, -0.15) is 18.4 Å². The predicted octanol–water partition coefficient (Wildman–Crippen LogP) is 4.39. The molecular weight excluding hydrogens is 355 g/mol. The highest BCUT2D eigenvalue weighted by Crippen LogP contribution is 2.22. The van der Waals surface area contributed by atoms with Gasteiger partial charge in [-0.1, -0.05) is 53.9 Å². The molecule has 2 rings (SSSR count). The van der Waals surface area contributed by atoms with E-state index in [1.807, 2.05) is 13.8 Å². The summed E-state index contributed by atoms with van der Waals surface area (Å²) in [4.78, 5) is 2.41. The normalized spacial score (nSPS) is 12.3. The number of hydrogen-bond acceptors (Lipinski definition) is 3. The molecule has 2 aromatic carbocycles. The van der Waals surface area contributed by atoms with Crippen molar-refractivity contribution in [2.75, 3.05) is 0 Å². The molecule has 0 spiro atoms. The molecule has 0 amide bonds. The van der Waals surface area contributed by atoms with E-state index in [2.05, 4.69) is 9.93 Å². The van der Waals surface area contributed by atoms with E-state index in [1.165, 1.54) is 12.1 Å². The number of aryl methyl sites for hydroxylation is 1. The lowest BCUT2D eigenvalue weighted by atomic mass is 10.1. The molecule has 0 fully saturated rings. The third-order valence-corrected chi connectivity index (χ3v) is 4.98. The number of benzene rings is 2. The van der Waals surface area contributed by atoms with Crippen LogP contribution in [0.15, 0.2) is 52.5 Å². The van der Waals surface area contributed by atoms with Crippen molar-refractivity contribution in [3.63, 3.8) is 0 Å². The zero-order valence-electron chi connectivity index (χ0n) is 12.7. The van der Waals surface area contributed by atoms with Gasteiger partial charge in [0, 0.05) is 10.6 Å². The summed E-state index contributed by atoms with van der Waals surface area (Å²) in [5.74, 6) is 0. The molecule has 0 aliphatic heterocycles. The summed E-state index contributed by atoms with van der Waals surface area (Å²) >= 11 is 12.0. The Morgan fingerprint density at radius 3 is 2.35 bits per heavy atom. The molecule has 0 unspecified atom stereocenters. The van der Waals surface area contributed by atoms with Crippen molar-refractivity contribution >= 4 is 38.9 Å². The molecule has 0 radical (unpaired) electrons. The van der Waals surface area contributed by atoms with Crippen LogP contribution in [0.4, 0.5) is 0 Å². The van der Waals surface area contributed by atoms with Gasteiger partial charge in [0.25, 0.3) is 10.0 Å². The summed E-state index contributed by atoms with van der Waals surface area (Å²) < 4.78 is 24.5. The first-order valence-electron chi connectivity index (χ1n) is 6.94. The van der Waals surface area contributed by atoms with Crippen molar-refractivity contribution in [2.45, 2.75) is 25.2 Å². The smallest absolute Gasteiger partial charge is 0.200 e. The van der Waals surface area contributed by atoms with Crippen LogP contribution in [-0.2, 0) is 10.0 Å². The van der Waals surface area contributed by atoms with Gasteiger partial charge in [-0.15, -0.1) is 0 Å². The molecule has 1 N–H and O–H groups in total. The van der Waals surface area contributed by atoms with Crippen LogP contribution in [0, 0.1) is 6.92 Å². The van der Waals surface area contributed by atoms with Crippen LogP contribution in [0.25, 0.3) is 0 Å². The molecule has 7 heteroatoms. The van der Waals surface area contributed by atoms with Gasteiger partial charge in [0.05, 0.1) is 15.6 Å². The minimum absolute atomic E-state index is 0.157. The summed E-state index contributed by atoms with van der Waals surface area (Å²) in [5.41, 5.74) is 2.15. The standard InChI is InChI=1S/C16H16Cl2N2O2S/c1-3-16(14-9-6-12(17)10-15(14)18)19-20-23(21,22)13-7-4-11(2)5-8-13/h4-10,20H,3H2,1-2H3. The largest absolute Gasteiger partial charge is 0.276 e. The molecule has 23 heavy (non-hydrogen) atoms. The van der Waals surface area contributed by atoms with Crippen LogP contribution in [0.5, 0.6) is 0 Å². The van der Waals surface area contributed by atoms with E-state index < -0.39 is 10.0 Å². The second-order valence-electron chi connectivity index (χ2n) is 4.94. The van der Waals surface area contributed by atoms with Crippen molar-refractivity contribution in [3.8, 4) is 0 Å². The van der Waals surface area contributed by atoms with Crippen molar-refractivity contribution in [3.05, 3.63) is 63.6 Å². The Morgan fingerprint density at radius 1 is 1.13 bits per heavy atom. The van der Waals surface area contributed by atoms with Crippen LogP contribution in [0.1, 0.15) is 24.5 Å². The van der Waals surface area contributed by atoms with Crippen LogP contribution >= 0.6 is 23.2 Å². The fourth-order valence-electron chi connectivity index (χ4n) is 1.94. The maximum absolute atomic E-state index is 12.3. The SMILES string of the molecule is CCC(=NNS(=O)(=O)c1ccc(C)cc1)c1ccc(Cl)cc1Cl. The quantitative estimate of drug-likeness (QED) is 0.626. The van der Waals surface area contributed by atoms with Crippen molar-refractivity contribution in [1.82, 2.24) is 4.83 Å². The molecule has 0 bridgehead atoms.